The second-order valence-corrected chi connectivity index (χ2v) is 7.02. The van der Waals surface area contributed by atoms with Crippen molar-refractivity contribution < 1.29 is 28.2 Å². The van der Waals surface area contributed by atoms with Crippen molar-refractivity contribution in [3.63, 3.8) is 0 Å². The van der Waals surface area contributed by atoms with Crippen LogP contribution in [-0.2, 0) is 14.4 Å². The Morgan fingerprint density at radius 2 is 1.37 bits per heavy atom. The van der Waals surface area contributed by atoms with Crippen LogP contribution in [0.25, 0.3) is 0 Å². The van der Waals surface area contributed by atoms with Crippen LogP contribution in [0.1, 0.15) is 12.5 Å². The van der Waals surface area contributed by atoms with Crippen LogP contribution in [0, 0.1) is 5.82 Å². The predicted molar refractivity (Wildman–Crippen MR) is 129 cm³/mol. The first-order chi connectivity index (χ1) is 16.9. The number of carbonyl (C=O) groups is 3. The third kappa shape index (κ3) is 8.28. The van der Waals surface area contributed by atoms with E-state index in [4.69, 9.17) is 9.47 Å². The Kier molecular flexibility index (Phi) is 8.89. The molecule has 3 aromatic rings. The molecule has 3 N–H and O–H groups in total. The highest BCUT2D eigenvalue weighted by Crippen LogP contribution is 2.16. The molecule has 0 unspecified atom stereocenters. The van der Waals surface area contributed by atoms with E-state index in [2.05, 4.69) is 21.2 Å². The predicted octanol–water partition coefficient (Wildman–Crippen LogP) is 3.33. The van der Waals surface area contributed by atoms with E-state index in [0.29, 0.717) is 23.6 Å². The van der Waals surface area contributed by atoms with E-state index in [-0.39, 0.29) is 18.2 Å². The van der Waals surface area contributed by atoms with Gasteiger partial charge in [0.05, 0.1) is 12.8 Å². The highest BCUT2D eigenvalue weighted by molar-refractivity contribution is 6.39. The lowest BCUT2D eigenvalue weighted by molar-refractivity contribution is -0.136. The van der Waals surface area contributed by atoms with Gasteiger partial charge in [0.2, 0.25) is 0 Å². The summed E-state index contributed by atoms with van der Waals surface area (Å²) < 4.78 is 23.7. The molecule has 0 aromatic heterocycles. The summed E-state index contributed by atoms with van der Waals surface area (Å²) in [6, 6.07) is 18.6. The van der Waals surface area contributed by atoms with Crippen molar-refractivity contribution in [1.29, 1.82) is 0 Å². The molecule has 0 aliphatic rings. The molecule has 180 valence electrons. The van der Waals surface area contributed by atoms with E-state index in [1.807, 2.05) is 6.92 Å². The first-order valence-electron chi connectivity index (χ1n) is 10.6. The second-order valence-electron chi connectivity index (χ2n) is 7.02. The Balaban J connectivity index is 1.41. The fraction of sp³-hybridized carbons (Fsp3) is 0.120. The van der Waals surface area contributed by atoms with Crippen LogP contribution in [0.5, 0.6) is 11.5 Å². The zero-order chi connectivity index (χ0) is 25.0. The van der Waals surface area contributed by atoms with Crippen molar-refractivity contribution in [3.05, 3.63) is 84.2 Å². The standard InChI is InChI=1S/C25H23FN4O5/c1-2-34-21-13-9-19(10-14-21)28-23(31)16-35-22-11-3-17(4-12-22)15-27-30-25(33)24(32)29-20-7-5-18(26)6-8-20/h3-15H,2,16H2,1H3,(H,28,31)(H,29,32)(H,30,33)/b27-15-. The number of nitrogens with one attached hydrogen (secondary N) is 3. The van der Waals surface area contributed by atoms with Crippen LogP contribution in [0.4, 0.5) is 15.8 Å². The molecular weight excluding hydrogens is 455 g/mol. The number of halogens is 1. The van der Waals surface area contributed by atoms with Gasteiger partial charge in [-0.1, -0.05) is 0 Å². The molecule has 0 aliphatic heterocycles. The average Bonchev–Trinajstić information content (AvgIpc) is 2.86. The average molecular weight is 478 g/mol. The lowest BCUT2D eigenvalue weighted by Crippen LogP contribution is -2.32. The number of hydrogen-bond acceptors (Lipinski definition) is 6. The summed E-state index contributed by atoms with van der Waals surface area (Å²) in [6.07, 6.45) is 1.34. The maximum Gasteiger partial charge on any atom is 0.329 e. The quantitative estimate of drug-likeness (QED) is 0.248. The van der Waals surface area contributed by atoms with Crippen molar-refractivity contribution in [1.82, 2.24) is 5.43 Å². The normalized spacial score (nSPS) is 10.5. The van der Waals surface area contributed by atoms with Crippen molar-refractivity contribution in [2.45, 2.75) is 6.92 Å². The molecule has 0 radical (unpaired) electrons. The molecule has 0 aliphatic carbocycles. The Morgan fingerprint density at radius 1 is 0.800 bits per heavy atom. The molecule has 0 bridgehead atoms. The number of ether oxygens (including phenoxy) is 2. The molecule has 9 nitrogen and oxygen atoms in total. The van der Waals surface area contributed by atoms with Crippen LogP contribution in [0.15, 0.2) is 77.9 Å². The van der Waals surface area contributed by atoms with Crippen LogP contribution in [0.2, 0.25) is 0 Å². The molecule has 0 heterocycles. The highest BCUT2D eigenvalue weighted by atomic mass is 19.1. The molecule has 0 saturated carbocycles. The SMILES string of the molecule is CCOc1ccc(NC(=O)COc2ccc(/C=N\NC(=O)C(=O)Nc3ccc(F)cc3)cc2)cc1. The summed E-state index contributed by atoms with van der Waals surface area (Å²) in [5.74, 6) is -1.52. The maximum absolute atomic E-state index is 12.9. The minimum atomic E-state index is -0.982. The Morgan fingerprint density at radius 3 is 2.03 bits per heavy atom. The third-order valence-electron chi connectivity index (χ3n) is 4.39. The van der Waals surface area contributed by atoms with E-state index < -0.39 is 17.6 Å². The Bertz CT molecular complexity index is 1180. The number of benzene rings is 3. The largest absolute Gasteiger partial charge is 0.494 e. The number of rotatable bonds is 9. The zero-order valence-electron chi connectivity index (χ0n) is 18.8. The van der Waals surface area contributed by atoms with Gasteiger partial charge in [-0.3, -0.25) is 14.4 Å². The van der Waals surface area contributed by atoms with Gasteiger partial charge in [-0.15, -0.1) is 0 Å². The molecule has 0 spiro atoms. The first-order valence-corrected chi connectivity index (χ1v) is 10.6. The maximum atomic E-state index is 12.9. The topological polar surface area (TPSA) is 118 Å². The van der Waals surface area contributed by atoms with Crippen LogP contribution >= 0.6 is 0 Å². The van der Waals surface area contributed by atoms with Gasteiger partial charge in [0.25, 0.3) is 5.91 Å². The lowest BCUT2D eigenvalue weighted by Gasteiger charge is -2.09. The number of carbonyl (C=O) groups excluding carboxylic acids is 3. The molecule has 3 rings (SSSR count). The van der Waals surface area contributed by atoms with Crippen molar-refractivity contribution >= 4 is 35.3 Å². The van der Waals surface area contributed by atoms with Gasteiger partial charge < -0.3 is 20.1 Å². The molecule has 35 heavy (non-hydrogen) atoms. The molecule has 0 saturated heterocycles. The molecule has 0 fully saturated rings. The zero-order valence-corrected chi connectivity index (χ0v) is 18.8. The van der Waals surface area contributed by atoms with Gasteiger partial charge in [0.1, 0.15) is 17.3 Å². The second kappa shape index (κ2) is 12.5. The fourth-order valence-corrected chi connectivity index (χ4v) is 2.73. The van der Waals surface area contributed by atoms with Crippen molar-refractivity contribution in [3.8, 4) is 11.5 Å². The van der Waals surface area contributed by atoms with Gasteiger partial charge in [0.15, 0.2) is 6.61 Å². The highest BCUT2D eigenvalue weighted by Gasteiger charge is 2.12. The fourth-order valence-electron chi connectivity index (χ4n) is 2.73. The summed E-state index contributed by atoms with van der Waals surface area (Å²) in [4.78, 5) is 35.7. The number of hydrazone groups is 1. The van der Waals surface area contributed by atoms with Gasteiger partial charge in [0, 0.05) is 11.4 Å². The Labute approximate surface area is 200 Å². The summed E-state index contributed by atoms with van der Waals surface area (Å²) >= 11 is 0. The molecule has 0 atom stereocenters. The van der Waals surface area contributed by atoms with E-state index in [9.17, 15) is 18.8 Å². The van der Waals surface area contributed by atoms with Crippen LogP contribution < -0.4 is 25.5 Å². The summed E-state index contributed by atoms with van der Waals surface area (Å²) in [7, 11) is 0. The molecule has 3 amide bonds. The number of amides is 3. The minimum Gasteiger partial charge on any atom is -0.494 e. The van der Waals surface area contributed by atoms with E-state index in [1.165, 1.54) is 18.3 Å². The van der Waals surface area contributed by atoms with Crippen LogP contribution in [0.3, 0.4) is 0 Å². The number of anilines is 2. The van der Waals surface area contributed by atoms with Gasteiger partial charge in [-0.25, -0.2) is 9.82 Å². The van der Waals surface area contributed by atoms with E-state index in [0.717, 1.165) is 17.9 Å². The number of hydrogen-bond donors (Lipinski definition) is 3. The summed E-state index contributed by atoms with van der Waals surface area (Å²) in [5.41, 5.74) is 3.63. The monoisotopic (exact) mass is 478 g/mol. The summed E-state index contributed by atoms with van der Waals surface area (Å²) in [5, 5.41) is 8.78. The van der Waals surface area contributed by atoms with Gasteiger partial charge >= 0.3 is 11.8 Å². The van der Waals surface area contributed by atoms with E-state index >= 15 is 0 Å². The van der Waals surface area contributed by atoms with Crippen LogP contribution in [-0.4, -0.2) is 37.1 Å². The minimum absolute atomic E-state index is 0.181. The van der Waals surface area contributed by atoms with Crippen molar-refractivity contribution in [2.24, 2.45) is 5.10 Å². The van der Waals surface area contributed by atoms with Gasteiger partial charge in [-0.05, 0) is 85.3 Å². The van der Waals surface area contributed by atoms with Gasteiger partial charge in [-0.2, -0.15) is 5.10 Å². The first kappa shape index (κ1) is 24.9. The summed E-state index contributed by atoms with van der Waals surface area (Å²) in [6.45, 7) is 2.28. The smallest absolute Gasteiger partial charge is 0.329 e. The third-order valence-corrected chi connectivity index (χ3v) is 4.39. The molecule has 10 heteroatoms. The van der Waals surface area contributed by atoms with Crippen molar-refractivity contribution in [2.75, 3.05) is 23.8 Å². The number of nitrogens with zero attached hydrogens (tertiary/aromatic N) is 1. The van der Waals surface area contributed by atoms with E-state index in [1.54, 1.807) is 48.5 Å². The Hall–Kier alpha value is -4.73. The molecular formula is C25H23FN4O5. The molecule has 3 aromatic carbocycles. The lowest BCUT2D eigenvalue weighted by atomic mass is 10.2.